The van der Waals surface area contributed by atoms with Gasteiger partial charge in [0, 0.05) is 23.2 Å². The number of nitrogens with one attached hydrogen (secondary N) is 1. The summed E-state index contributed by atoms with van der Waals surface area (Å²) in [5, 5.41) is 14.5. The molecule has 0 aliphatic rings. The Labute approximate surface area is 126 Å². The third kappa shape index (κ3) is 4.51. The Hall–Kier alpha value is -1.98. The Morgan fingerprint density at radius 2 is 2.05 bits per heavy atom. The van der Waals surface area contributed by atoms with Gasteiger partial charge in [-0.1, -0.05) is 23.7 Å². The first kappa shape index (κ1) is 15.4. The quantitative estimate of drug-likeness (QED) is 0.503. The van der Waals surface area contributed by atoms with Gasteiger partial charge in [-0.25, -0.2) is 4.39 Å². The zero-order valence-electron chi connectivity index (χ0n) is 11.2. The first-order chi connectivity index (χ1) is 10.1. The second-order valence-corrected chi connectivity index (χ2v) is 5.02. The van der Waals surface area contributed by atoms with Crippen molar-refractivity contribution in [1.29, 1.82) is 0 Å². The summed E-state index contributed by atoms with van der Waals surface area (Å²) < 4.78 is 13.0. The summed E-state index contributed by atoms with van der Waals surface area (Å²) in [5.41, 5.74) is 1.45. The van der Waals surface area contributed by atoms with E-state index >= 15 is 0 Å². The van der Waals surface area contributed by atoms with Gasteiger partial charge in [0.1, 0.15) is 5.82 Å². The fourth-order valence-corrected chi connectivity index (χ4v) is 2.22. The van der Waals surface area contributed by atoms with Crippen LogP contribution in [0.25, 0.3) is 0 Å². The van der Waals surface area contributed by atoms with E-state index in [1.807, 2.05) is 6.07 Å². The van der Waals surface area contributed by atoms with Crippen molar-refractivity contribution in [1.82, 2.24) is 5.32 Å². The molecular formula is C15H14ClFN2O2. The minimum absolute atomic E-state index is 0.0395. The minimum atomic E-state index is -0.431. The molecular weight excluding hydrogens is 295 g/mol. The third-order valence-electron chi connectivity index (χ3n) is 3.03. The Morgan fingerprint density at radius 1 is 1.24 bits per heavy atom. The van der Waals surface area contributed by atoms with Crippen molar-refractivity contribution in [2.24, 2.45) is 0 Å². The van der Waals surface area contributed by atoms with E-state index in [-0.39, 0.29) is 11.5 Å². The van der Waals surface area contributed by atoms with Gasteiger partial charge in [0.05, 0.1) is 4.92 Å². The molecule has 2 aromatic carbocycles. The molecule has 0 amide bonds. The van der Waals surface area contributed by atoms with E-state index in [0.717, 1.165) is 5.56 Å². The number of hydrogen-bond acceptors (Lipinski definition) is 3. The van der Waals surface area contributed by atoms with Crippen molar-refractivity contribution < 1.29 is 9.31 Å². The van der Waals surface area contributed by atoms with E-state index in [9.17, 15) is 14.5 Å². The highest BCUT2D eigenvalue weighted by Gasteiger charge is 2.13. The minimum Gasteiger partial charge on any atom is -0.312 e. The van der Waals surface area contributed by atoms with Crippen molar-refractivity contribution in [2.45, 2.75) is 13.0 Å². The lowest BCUT2D eigenvalue weighted by molar-refractivity contribution is -0.385. The number of benzene rings is 2. The summed E-state index contributed by atoms with van der Waals surface area (Å²) in [5.74, 6) is -0.266. The van der Waals surface area contributed by atoms with E-state index in [0.29, 0.717) is 30.1 Å². The van der Waals surface area contributed by atoms with Gasteiger partial charge >= 0.3 is 0 Å². The van der Waals surface area contributed by atoms with Crippen LogP contribution in [-0.4, -0.2) is 11.5 Å². The predicted octanol–water partition coefficient (Wildman–Crippen LogP) is 3.72. The largest absolute Gasteiger partial charge is 0.312 e. The summed E-state index contributed by atoms with van der Waals surface area (Å²) in [6.45, 7) is 0.930. The predicted molar refractivity (Wildman–Crippen MR) is 79.9 cm³/mol. The van der Waals surface area contributed by atoms with Crippen LogP contribution in [-0.2, 0) is 13.0 Å². The molecule has 0 fully saturated rings. The zero-order chi connectivity index (χ0) is 15.2. The Balaban J connectivity index is 1.91. The molecule has 110 valence electrons. The maximum atomic E-state index is 13.0. The molecule has 0 aliphatic carbocycles. The molecule has 0 aromatic heterocycles. The van der Waals surface area contributed by atoms with E-state index in [1.165, 1.54) is 24.3 Å². The zero-order valence-corrected chi connectivity index (χ0v) is 11.9. The molecule has 0 bridgehead atoms. The number of hydrogen-bond donors (Lipinski definition) is 1. The molecule has 0 atom stereocenters. The maximum absolute atomic E-state index is 13.0. The molecule has 1 N–H and O–H groups in total. The monoisotopic (exact) mass is 308 g/mol. The van der Waals surface area contributed by atoms with E-state index in [2.05, 4.69) is 5.32 Å². The van der Waals surface area contributed by atoms with E-state index in [4.69, 9.17) is 11.6 Å². The van der Waals surface area contributed by atoms with Crippen LogP contribution in [0.5, 0.6) is 0 Å². The van der Waals surface area contributed by atoms with Crippen molar-refractivity contribution in [2.75, 3.05) is 6.54 Å². The molecule has 0 radical (unpaired) electrons. The van der Waals surface area contributed by atoms with Gasteiger partial charge in [0.15, 0.2) is 0 Å². The standard InChI is InChI=1S/C15H14ClFN2O2/c16-13-4-5-15(19(20)21)12(9-13)10-18-7-6-11-2-1-3-14(17)8-11/h1-5,8-9,18H,6-7,10H2. The second-order valence-electron chi connectivity index (χ2n) is 4.59. The third-order valence-corrected chi connectivity index (χ3v) is 3.27. The van der Waals surface area contributed by atoms with Gasteiger partial charge < -0.3 is 5.32 Å². The fourth-order valence-electron chi connectivity index (χ4n) is 2.02. The molecule has 0 saturated carbocycles. The van der Waals surface area contributed by atoms with E-state index < -0.39 is 4.92 Å². The van der Waals surface area contributed by atoms with Crippen molar-refractivity contribution in [3.8, 4) is 0 Å². The summed E-state index contributed by atoms with van der Waals surface area (Å²) in [4.78, 5) is 10.5. The average molecular weight is 309 g/mol. The Bertz CT molecular complexity index is 649. The lowest BCUT2D eigenvalue weighted by atomic mass is 10.1. The van der Waals surface area contributed by atoms with Crippen LogP contribution in [0.2, 0.25) is 5.02 Å². The Morgan fingerprint density at radius 3 is 2.76 bits per heavy atom. The number of rotatable bonds is 6. The highest BCUT2D eigenvalue weighted by molar-refractivity contribution is 6.30. The molecule has 0 spiro atoms. The molecule has 4 nitrogen and oxygen atoms in total. The highest BCUT2D eigenvalue weighted by atomic mass is 35.5. The van der Waals surface area contributed by atoms with Crippen LogP contribution in [0.4, 0.5) is 10.1 Å². The molecule has 2 rings (SSSR count). The molecule has 0 aliphatic heterocycles. The number of nitro groups is 1. The van der Waals surface area contributed by atoms with Gasteiger partial charge in [0.2, 0.25) is 0 Å². The van der Waals surface area contributed by atoms with Crippen molar-refractivity contribution in [3.05, 3.63) is 74.5 Å². The molecule has 6 heteroatoms. The van der Waals surface area contributed by atoms with Gasteiger partial charge in [-0.3, -0.25) is 10.1 Å². The van der Waals surface area contributed by atoms with Crippen molar-refractivity contribution >= 4 is 17.3 Å². The number of nitro benzene ring substituents is 1. The van der Waals surface area contributed by atoms with Crippen LogP contribution in [0, 0.1) is 15.9 Å². The molecule has 0 unspecified atom stereocenters. The average Bonchev–Trinajstić information content (AvgIpc) is 2.43. The van der Waals surface area contributed by atoms with Gasteiger partial charge in [-0.15, -0.1) is 0 Å². The van der Waals surface area contributed by atoms with E-state index in [1.54, 1.807) is 12.1 Å². The van der Waals surface area contributed by atoms with Gasteiger partial charge in [-0.05, 0) is 42.8 Å². The number of nitrogens with zero attached hydrogens (tertiary/aromatic N) is 1. The molecule has 0 saturated heterocycles. The molecule has 2 aromatic rings. The van der Waals surface area contributed by atoms with Gasteiger partial charge in [-0.2, -0.15) is 0 Å². The lowest BCUT2D eigenvalue weighted by Gasteiger charge is -2.06. The maximum Gasteiger partial charge on any atom is 0.273 e. The summed E-state index contributed by atoms with van der Waals surface area (Å²) >= 11 is 5.86. The second kappa shape index (κ2) is 7.15. The smallest absolute Gasteiger partial charge is 0.273 e. The highest BCUT2D eigenvalue weighted by Crippen LogP contribution is 2.22. The normalized spacial score (nSPS) is 10.6. The van der Waals surface area contributed by atoms with Crippen LogP contribution in [0.15, 0.2) is 42.5 Å². The molecule has 0 heterocycles. The van der Waals surface area contributed by atoms with Crippen LogP contribution >= 0.6 is 11.6 Å². The topological polar surface area (TPSA) is 55.2 Å². The fraction of sp³-hybridized carbons (Fsp3) is 0.200. The summed E-state index contributed by atoms with van der Waals surface area (Å²) in [7, 11) is 0. The Kier molecular flexibility index (Phi) is 5.25. The SMILES string of the molecule is O=[N+]([O-])c1ccc(Cl)cc1CNCCc1cccc(F)c1. The summed E-state index contributed by atoms with van der Waals surface area (Å²) in [6.07, 6.45) is 0.645. The lowest BCUT2D eigenvalue weighted by Crippen LogP contribution is -2.17. The van der Waals surface area contributed by atoms with Crippen molar-refractivity contribution in [3.63, 3.8) is 0 Å². The first-order valence-electron chi connectivity index (χ1n) is 6.44. The van der Waals surface area contributed by atoms with Crippen LogP contribution < -0.4 is 5.32 Å². The first-order valence-corrected chi connectivity index (χ1v) is 6.82. The van der Waals surface area contributed by atoms with Gasteiger partial charge in [0.25, 0.3) is 5.69 Å². The number of halogens is 2. The van der Waals surface area contributed by atoms with Crippen LogP contribution in [0.1, 0.15) is 11.1 Å². The summed E-state index contributed by atoms with van der Waals surface area (Å²) in [6, 6.07) is 10.8. The van der Waals surface area contributed by atoms with Crippen LogP contribution in [0.3, 0.4) is 0 Å². The molecule has 21 heavy (non-hydrogen) atoms.